The van der Waals surface area contributed by atoms with Gasteiger partial charge < -0.3 is 117 Å². The number of likely N-dealkylation sites (tertiary alicyclic amines) is 1. The maximum atomic E-state index is 15.1. The first-order valence-electron chi connectivity index (χ1n) is 36.7. The number of phenols is 1. The molecule has 14 amide bonds. The molecule has 6 rings (SSSR count). The molecule has 3 heterocycles. The van der Waals surface area contributed by atoms with Crippen LogP contribution < -0.4 is 86.3 Å². The van der Waals surface area contributed by atoms with Gasteiger partial charge in [0.2, 0.25) is 82.7 Å². The van der Waals surface area contributed by atoms with Crippen LogP contribution in [-0.4, -0.2) is 247 Å². The Hall–Kier alpha value is -11.4. The quantitative estimate of drug-likeness (QED) is 0.00749. The van der Waals surface area contributed by atoms with E-state index in [1.807, 2.05) is 0 Å². The molecule has 3 aromatic carbocycles. The van der Waals surface area contributed by atoms with E-state index in [2.05, 4.69) is 109 Å². The Morgan fingerprint density at radius 2 is 1.07 bits per heavy atom. The van der Waals surface area contributed by atoms with Crippen molar-refractivity contribution in [1.29, 1.82) is 5.41 Å². The topological polar surface area (TPSA) is 606 Å². The van der Waals surface area contributed by atoms with Crippen LogP contribution in [-0.2, 0) is 92.8 Å². The number of carbonyl (C=O) groups is 14. The molecular weight excluding hydrogens is 1510 g/mol. The van der Waals surface area contributed by atoms with Gasteiger partial charge in [0.1, 0.15) is 78.3 Å². The molecule has 1 aliphatic rings. The highest BCUT2D eigenvalue weighted by atomic mass is 32.1. The number of aromatic amines is 2. The number of rotatable bonds is 46. The predicted octanol–water partition coefficient (Wildman–Crippen LogP) is -5.30. The number of nitrogens with one attached hydrogen (secondary N) is 16. The molecular formula is C73H103N21O17S2. The van der Waals surface area contributed by atoms with Crippen molar-refractivity contribution in [3.8, 4) is 5.75 Å². The van der Waals surface area contributed by atoms with E-state index >= 15 is 9.59 Å². The van der Waals surface area contributed by atoms with E-state index in [0.29, 0.717) is 52.5 Å². The van der Waals surface area contributed by atoms with Crippen LogP contribution in [0.2, 0.25) is 0 Å². The summed E-state index contributed by atoms with van der Waals surface area (Å²) in [5.74, 6) is -14.0. The number of carbonyl (C=O) groups excluding carboxylic acids is 14. The minimum absolute atomic E-state index is 0.0159. The van der Waals surface area contributed by atoms with E-state index in [1.54, 1.807) is 74.6 Å². The van der Waals surface area contributed by atoms with Crippen molar-refractivity contribution in [2.75, 3.05) is 50.9 Å². The molecule has 1 fully saturated rings. The van der Waals surface area contributed by atoms with Gasteiger partial charge in [-0.1, -0.05) is 74.5 Å². The summed E-state index contributed by atoms with van der Waals surface area (Å²) in [5.41, 5.74) is 19.5. The van der Waals surface area contributed by atoms with Crippen LogP contribution in [0.1, 0.15) is 88.1 Å². The summed E-state index contributed by atoms with van der Waals surface area (Å²) in [6.45, 7) is 2.18. The lowest BCUT2D eigenvalue weighted by molar-refractivity contribution is -0.142. The van der Waals surface area contributed by atoms with Crippen molar-refractivity contribution in [1.82, 2.24) is 89.0 Å². The average molecular weight is 1610 g/mol. The number of aromatic hydroxyl groups is 1. The largest absolute Gasteiger partial charge is 0.508 e. The maximum absolute atomic E-state index is 15.1. The third-order valence-electron chi connectivity index (χ3n) is 18.3. The SMILES string of the molecule is CC(=O)N[C@@H](CO)C(=O)N[C@@H](Cc1ccc(O)cc1)C(=O)N[C@@H](CO)C(=O)N[C@@H](CS)C(=O)NCC(=O)N[C@@H](Cc1cnc[nH]1)C(=O)N[C@H](Cc1ccccc1)C(=O)N[C@@H](CCCNC(=N)N)C(=O)N[C@@H](Cc1c[nH]c2ccccc12)C(=O)N[C@@H](CS)C(=O)N[C@@H](CCCCN)C(=O)N1CCC[C@H]1C(=O)N[C@H](C(N)=O)C(C)C. The fraction of sp³-hybridized carbons (Fsp3) is 0.479. The molecule has 12 atom stereocenters. The Kier molecular flexibility index (Phi) is 36.7. The number of amides is 14. The summed E-state index contributed by atoms with van der Waals surface area (Å²) in [7, 11) is 0. The number of para-hydroxylation sites is 1. The number of imidazole rings is 1. The summed E-state index contributed by atoms with van der Waals surface area (Å²) < 4.78 is 0. The van der Waals surface area contributed by atoms with E-state index in [-0.39, 0.29) is 88.4 Å². The molecule has 614 valence electrons. The lowest BCUT2D eigenvalue weighted by Crippen LogP contribution is -2.61. The summed E-state index contributed by atoms with van der Waals surface area (Å²) in [6, 6.07) is 3.82. The van der Waals surface area contributed by atoms with Crippen molar-refractivity contribution in [3.63, 3.8) is 0 Å². The van der Waals surface area contributed by atoms with Gasteiger partial charge in [0, 0.05) is 86.2 Å². The van der Waals surface area contributed by atoms with Gasteiger partial charge >= 0.3 is 0 Å². The molecule has 0 unspecified atom stereocenters. The first-order valence-corrected chi connectivity index (χ1v) is 38.0. The lowest BCUT2D eigenvalue weighted by Gasteiger charge is -2.31. The second-order valence-electron chi connectivity index (χ2n) is 27.3. The molecule has 5 aromatic rings. The van der Waals surface area contributed by atoms with Crippen LogP contribution in [0.3, 0.4) is 0 Å². The number of thiol groups is 2. The fourth-order valence-electron chi connectivity index (χ4n) is 12.3. The number of hydrogen-bond acceptors (Lipinski definition) is 22. The van der Waals surface area contributed by atoms with Gasteiger partial charge in [0.05, 0.1) is 26.1 Å². The molecule has 0 radical (unpaired) electrons. The van der Waals surface area contributed by atoms with Gasteiger partial charge in [-0.15, -0.1) is 0 Å². The molecule has 25 N–H and O–H groups in total. The maximum Gasteiger partial charge on any atom is 0.245 e. The molecule has 1 saturated heterocycles. The molecule has 38 nitrogen and oxygen atoms in total. The minimum atomic E-state index is -1.78. The third kappa shape index (κ3) is 28.7. The molecule has 0 aliphatic carbocycles. The Labute approximate surface area is 662 Å². The van der Waals surface area contributed by atoms with Gasteiger partial charge in [0.15, 0.2) is 5.96 Å². The normalized spacial score (nSPS) is 15.4. The van der Waals surface area contributed by atoms with Gasteiger partial charge in [-0.05, 0) is 92.3 Å². The first-order chi connectivity index (χ1) is 54.0. The van der Waals surface area contributed by atoms with E-state index < -0.39 is 187 Å². The Morgan fingerprint density at radius 1 is 0.566 bits per heavy atom. The highest BCUT2D eigenvalue weighted by Gasteiger charge is 2.41. The minimum Gasteiger partial charge on any atom is -0.508 e. The van der Waals surface area contributed by atoms with Crippen molar-refractivity contribution in [3.05, 3.63) is 120 Å². The van der Waals surface area contributed by atoms with Crippen LogP contribution >= 0.6 is 25.3 Å². The molecule has 2 aromatic heterocycles. The predicted molar refractivity (Wildman–Crippen MR) is 419 cm³/mol. The van der Waals surface area contributed by atoms with Gasteiger partial charge in [-0.25, -0.2) is 4.98 Å². The van der Waals surface area contributed by atoms with Gasteiger partial charge in [-0.2, -0.15) is 25.3 Å². The number of phenolic OH excluding ortho intramolecular Hbond substituents is 1. The number of primary amides is 1. The lowest BCUT2D eigenvalue weighted by atomic mass is 10.0. The van der Waals surface area contributed by atoms with Crippen molar-refractivity contribution >= 4 is 125 Å². The summed E-state index contributed by atoms with van der Waals surface area (Å²) in [5, 5.41) is 71.5. The standard InChI is InChI=1S/C73H103N21O17S2/c1-39(2)60(61(75)100)93-71(110)58-19-12-26-94(58)72(111)49(17-9-10-24-74)86-70(109)57(37-113)92-66(105)52(29-43-31-80-47-16-8-7-15-46(43)47)89-63(102)48(18-11-25-79-73(76)77)85-64(103)50(27-41-13-5-4-6-14-41)87-67(106)53(30-44-32-78-38-82-44)84-59(99)33-81-62(101)56(36-112)91-69(108)55(35-96)90-65(104)51(28-42-20-22-45(98)23-21-42)88-68(107)54(34-95)83-40(3)97/h4-8,13-16,20-23,31-32,38-39,48-58,60,80,95-96,98,112-113H,9-12,17-19,24-30,33-37,74H2,1-3H3,(H2,75,100)(H,78,82)(H,81,101)(H,83,97)(H,84,99)(H,85,103)(H,86,109)(H,87,106)(H,88,107)(H,89,102)(H,90,104)(H,91,108)(H,92,105)(H,93,110)(H4,76,77,79)/t48-,49-,50+,51-,52-,53-,54-,55-,56-,57-,58-,60-/m0/s1. The second kappa shape index (κ2) is 45.8. The zero-order chi connectivity index (χ0) is 82.8. The molecule has 0 saturated carbocycles. The zero-order valence-electron chi connectivity index (χ0n) is 62.8. The van der Waals surface area contributed by atoms with Crippen LogP contribution in [0.5, 0.6) is 5.75 Å². The van der Waals surface area contributed by atoms with Crippen LogP contribution in [0.4, 0.5) is 0 Å². The number of H-pyrrole nitrogens is 2. The number of hydrogen-bond donors (Lipinski definition) is 24. The average Bonchev–Trinajstić information content (AvgIpc) is 1.64. The Bertz CT molecular complexity index is 4080. The number of aromatic nitrogens is 3. The van der Waals surface area contributed by atoms with Crippen LogP contribution in [0.25, 0.3) is 10.9 Å². The molecule has 0 spiro atoms. The number of benzene rings is 3. The van der Waals surface area contributed by atoms with Crippen LogP contribution in [0.15, 0.2) is 97.6 Å². The number of aliphatic hydroxyl groups is 2. The summed E-state index contributed by atoms with van der Waals surface area (Å²) in [4.78, 5) is 206. The Morgan fingerprint density at radius 3 is 1.63 bits per heavy atom. The fourth-order valence-corrected chi connectivity index (χ4v) is 12.8. The van der Waals surface area contributed by atoms with Crippen molar-refractivity contribution in [2.45, 2.75) is 164 Å². The second-order valence-corrected chi connectivity index (χ2v) is 28.0. The molecule has 40 heteroatoms. The number of aliphatic hydroxyl groups excluding tert-OH is 2. The van der Waals surface area contributed by atoms with Gasteiger partial charge in [0.25, 0.3) is 0 Å². The Balaban J connectivity index is 1.20. The molecule has 0 bridgehead atoms. The van der Waals surface area contributed by atoms with E-state index in [0.717, 1.165) is 6.92 Å². The number of fused-ring (bicyclic) bond motifs is 1. The summed E-state index contributed by atoms with van der Waals surface area (Å²) >= 11 is 8.62. The number of nitrogens with zero attached hydrogens (tertiary/aromatic N) is 2. The number of unbranched alkanes of at least 4 members (excludes halogenated alkanes) is 1. The third-order valence-corrected chi connectivity index (χ3v) is 19.1. The van der Waals surface area contributed by atoms with Crippen LogP contribution in [0, 0.1) is 11.3 Å². The number of nitrogens with two attached hydrogens (primary N) is 3. The summed E-state index contributed by atoms with van der Waals surface area (Å²) in [6.07, 6.45) is 4.80. The van der Waals surface area contributed by atoms with Crippen molar-refractivity contribution in [2.24, 2.45) is 23.1 Å². The van der Waals surface area contributed by atoms with E-state index in [4.69, 9.17) is 22.6 Å². The first kappa shape index (κ1) is 90.5. The van der Waals surface area contributed by atoms with Gasteiger partial charge in [-0.3, -0.25) is 72.5 Å². The monoisotopic (exact) mass is 1610 g/mol. The number of guanidine groups is 1. The van der Waals surface area contributed by atoms with Crippen molar-refractivity contribution < 1.29 is 82.4 Å². The highest BCUT2D eigenvalue weighted by Crippen LogP contribution is 2.23. The van der Waals surface area contributed by atoms with E-state index in [9.17, 15) is 72.9 Å². The zero-order valence-corrected chi connectivity index (χ0v) is 64.5. The van der Waals surface area contributed by atoms with E-state index in [1.165, 1.54) is 41.7 Å². The molecule has 1 aliphatic heterocycles. The molecule has 113 heavy (non-hydrogen) atoms. The smallest absolute Gasteiger partial charge is 0.245 e. The highest BCUT2D eigenvalue weighted by molar-refractivity contribution is 7.80.